The number of alkyl halides is 1. The average molecular weight is 326 g/mol. The van der Waals surface area contributed by atoms with Crippen molar-refractivity contribution in [1.82, 2.24) is 4.72 Å². The van der Waals surface area contributed by atoms with Gasteiger partial charge in [-0.1, -0.05) is 35.2 Å². The molecule has 0 atom stereocenters. The first-order chi connectivity index (χ1) is 7.72. The van der Waals surface area contributed by atoms with Gasteiger partial charge in [-0.05, 0) is 39.0 Å². The normalized spacial score (nSPS) is 21.4. The fourth-order valence-corrected chi connectivity index (χ4v) is 3.81. The van der Waals surface area contributed by atoms with Crippen molar-refractivity contribution < 1.29 is 8.42 Å². The van der Waals surface area contributed by atoms with Crippen molar-refractivity contribution >= 4 is 26.0 Å². The third-order valence-electron chi connectivity index (χ3n) is 3.64. The van der Waals surface area contributed by atoms with Crippen LogP contribution >= 0.6 is 15.9 Å². The second-order valence-corrected chi connectivity index (χ2v) is 9.21. The second kappa shape index (κ2) is 5.57. The van der Waals surface area contributed by atoms with Crippen molar-refractivity contribution in [1.29, 1.82) is 0 Å². The number of nitrogens with one attached hydrogen (secondary N) is 1. The Kier molecular flexibility index (Phi) is 5.07. The molecule has 5 heteroatoms. The lowest BCUT2D eigenvalue weighted by atomic mass is 9.76. The Bertz CT molecular complexity index is 340. The summed E-state index contributed by atoms with van der Waals surface area (Å²) in [6.45, 7) is 5.77. The van der Waals surface area contributed by atoms with Crippen LogP contribution in [0.4, 0.5) is 0 Å². The molecule has 0 unspecified atom stereocenters. The van der Waals surface area contributed by atoms with E-state index in [1.807, 2.05) is 0 Å². The van der Waals surface area contributed by atoms with Gasteiger partial charge in [-0.25, -0.2) is 13.1 Å². The highest BCUT2D eigenvalue weighted by Crippen LogP contribution is 2.37. The highest BCUT2D eigenvalue weighted by atomic mass is 79.9. The molecule has 17 heavy (non-hydrogen) atoms. The lowest BCUT2D eigenvalue weighted by molar-refractivity contribution is 0.227. The van der Waals surface area contributed by atoms with Gasteiger partial charge in [-0.3, -0.25) is 0 Å². The van der Waals surface area contributed by atoms with Gasteiger partial charge in [-0.15, -0.1) is 0 Å². The molecule has 0 saturated heterocycles. The summed E-state index contributed by atoms with van der Waals surface area (Å²) in [7, 11) is -3.22. The van der Waals surface area contributed by atoms with Gasteiger partial charge in [-0.2, -0.15) is 0 Å². The van der Waals surface area contributed by atoms with E-state index in [1.165, 1.54) is 19.3 Å². The summed E-state index contributed by atoms with van der Waals surface area (Å²) in [5.41, 5.74) is 0.122. The molecular weight excluding hydrogens is 302 g/mol. The third-order valence-corrected chi connectivity index (χ3v) is 6.97. The molecule has 1 aliphatic carbocycles. The maximum absolute atomic E-state index is 12.0. The molecule has 0 heterocycles. The Hall–Kier alpha value is 0.390. The van der Waals surface area contributed by atoms with Crippen LogP contribution in [0.15, 0.2) is 0 Å². The van der Waals surface area contributed by atoms with E-state index in [1.54, 1.807) is 20.8 Å². The largest absolute Gasteiger partial charge is 0.216 e. The fourth-order valence-electron chi connectivity index (χ4n) is 2.12. The Morgan fingerprint density at radius 2 is 1.71 bits per heavy atom. The zero-order valence-electron chi connectivity index (χ0n) is 11.1. The standard InChI is InChI=1S/C12H24BrNO2S/c1-11(2,3)17(15,16)14-10-12(9-13)7-5-4-6-8-12/h14H,4-10H2,1-3H3. The summed E-state index contributed by atoms with van der Waals surface area (Å²) in [6, 6.07) is 0. The minimum atomic E-state index is -3.22. The van der Waals surface area contributed by atoms with Gasteiger partial charge in [0.25, 0.3) is 0 Å². The molecule has 0 amide bonds. The third kappa shape index (κ3) is 3.93. The first kappa shape index (κ1) is 15.4. The van der Waals surface area contributed by atoms with E-state index in [-0.39, 0.29) is 5.41 Å². The van der Waals surface area contributed by atoms with Crippen LogP contribution in [0.25, 0.3) is 0 Å². The molecule has 0 aromatic rings. The highest BCUT2D eigenvalue weighted by Gasteiger charge is 2.35. The maximum Gasteiger partial charge on any atom is 0.216 e. The molecule has 3 nitrogen and oxygen atoms in total. The first-order valence-corrected chi connectivity index (χ1v) is 8.88. The zero-order valence-corrected chi connectivity index (χ0v) is 13.5. The Balaban J connectivity index is 2.65. The van der Waals surface area contributed by atoms with E-state index in [0.29, 0.717) is 6.54 Å². The monoisotopic (exact) mass is 325 g/mol. The molecule has 1 rings (SSSR count). The van der Waals surface area contributed by atoms with Crippen molar-refractivity contribution in [3.8, 4) is 0 Å². The molecule has 1 saturated carbocycles. The first-order valence-electron chi connectivity index (χ1n) is 6.28. The van der Waals surface area contributed by atoms with Gasteiger partial charge >= 0.3 is 0 Å². The molecule has 102 valence electrons. The van der Waals surface area contributed by atoms with Crippen molar-refractivity contribution in [3.05, 3.63) is 0 Å². The van der Waals surface area contributed by atoms with Crippen LogP contribution in [-0.2, 0) is 10.0 Å². The molecule has 1 aliphatic rings. The summed E-state index contributed by atoms with van der Waals surface area (Å²) in [4.78, 5) is 0. The smallest absolute Gasteiger partial charge is 0.214 e. The summed E-state index contributed by atoms with van der Waals surface area (Å²) >= 11 is 3.55. The number of hydrogen-bond donors (Lipinski definition) is 1. The Labute approximate surface area is 114 Å². The van der Waals surface area contributed by atoms with Crippen molar-refractivity contribution in [3.63, 3.8) is 0 Å². The molecule has 0 aromatic heterocycles. The molecule has 0 aliphatic heterocycles. The van der Waals surface area contributed by atoms with Gasteiger partial charge < -0.3 is 0 Å². The van der Waals surface area contributed by atoms with Gasteiger partial charge in [0, 0.05) is 11.9 Å². The average Bonchev–Trinajstić information content (AvgIpc) is 2.26. The van der Waals surface area contributed by atoms with Crippen LogP contribution in [0.3, 0.4) is 0 Å². The van der Waals surface area contributed by atoms with E-state index < -0.39 is 14.8 Å². The van der Waals surface area contributed by atoms with E-state index in [4.69, 9.17) is 0 Å². The van der Waals surface area contributed by atoms with Crippen molar-refractivity contribution in [2.24, 2.45) is 5.41 Å². The molecular formula is C12H24BrNO2S. The molecule has 0 bridgehead atoms. The molecule has 1 N–H and O–H groups in total. The van der Waals surface area contributed by atoms with E-state index in [9.17, 15) is 8.42 Å². The van der Waals surface area contributed by atoms with E-state index in [0.717, 1.165) is 18.2 Å². The van der Waals surface area contributed by atoms with Crippen molar-refractivity contribution in [2.75, 3.05) is 11.9 Å². The molecule has 0 spiro atoms. The Morgan fingerprint density at radius 3 is 2.12 bits per heavy atom. The number of rotatable bonds is 4. The Morgan fingerprint density at radius 1 is 1.18 bits per heavy atom. The lowest BCUT2D eigenvalue weighted by Crippen LogP contribution is -2.46. The van der Waals surface area contributed by atoms with Crippen LogP contribution in [0.5, 0.6) is 0 Å². The van der Waals surface area contributed by atoms with Gasteiger partial charge in [0.1, 0.15) is 0 Å². The van der Waals surface area contributed by atoms with Gasteiger partial charge in [0.2, 0.25) is 10.0 Å². The molecule has 0 radical (unpaired) electrons. The molecule has 0 aromatic carbocycles. The summed E-state index contributed by atoms with van der Waals surface area (Å²) in [5, 5.41) is 0.882. The van der Waals surface area contributed by atoms with E-state index >= 15 is 0 Å². The molecule has 1 fully saturated rings. The quantitative estimate of drug-likeness (QED) is 0.807. The van der Waals surface area contributed by atoms with Crippen LogP contribution in [0.1, 0.15) is 52.9 Å². The van der Waals surface area contributed by atoms with Crippen LogP contribution < -0.4 is 4.72 Å². The predicted molar refractivity (Wildman–Crippen MR) is 76.0 cm³/mol. The van der Waals surface area contributed by atoms with E-state index in [2.05, 4.69) is 20.7 Å². The fraction of sp³-hybridized carbons (Fsp3) is 1.00. The minimum absolute atomic E-state index is 0.122. The minimum Gasteiger partial charge on any atom is -0.214 e. The zero-order chi connectivity index (χ0) is 13.2. The lowest BCUT2D eigenvalue weighted by Gasteiger charge is -2.36. The van der Waals surface area contributed by atoms with Crippen molar-refractivity contribution in [2.45, 2.75) is 57.6 Å². The van der Waals surface area contributed by atoms with Gasteiger partial charge in [0.05, 0.1) is 4.75 Å². The van der Waals surface area contributed by atoms with Gasteiger partial charge in [0.15, 0.2) is 0 Å². The van der Waals surface area contributed by atoms with Crippen LogP contribution in [0.2, 0.25) is 0 Å². The highest BCUT2D eigenvalue weighted by molar-refractivity contribution is 9.09. The summed E-state index contributed by atoms with van der Waals surface area (Å²) in [5.74, 6) is 0. The number of hydrogen-bond acceptors (Lipinski definition) is 2. The maximum atomic E-state index is 12.0. The number of halogens is 1. The summed E-state index contributed by atoms with van der Waals surface area (Å²) < 4.78 is 26.1. The number of sulfonamides is 1. The topological polar surface area (TPSA) is 46.2 Å². The summed E-state index contributed by atoms with van der Waals surface area (Å²) in [6.07, 6.45) is 5.93. The van der Waals surface area contributed by atoms with Crippen LogP contribution in [0, 0.1) is 5.41 Å². The van der Waals surface area contributed by atoms with Crippen LogP contribution in [-0.4, -0.2) is 25.0 Å². The predicted octanol–water partition coefficient (Wildman–Crippen LogP) is 3.05. The second-order valence-electron chi connectivity index (χ2n) is 6.13. The SMILES string of the molecule is CC(C)(C)S(=O)(=O)NCC1(CBr)CCCCC1.